The Morgan fingerprint density at radius 2 is 1.71 bits per heavy atom. The molecule has 3 aromatic carbocycles. The summed E-state index contributed by atoms with van der Waals surface area (Å²) in [6.45, 7) is 0. The summed E-state index contributed by atoms with van der Waals surface area (Å²) in [5.41, 5.74) is 3.20. The number of hydrogen-bond donors (Lipinski definition) is 3. The van der Waals surface area contributed by atoms with Crippen LogP contribution in [0.5, 0.6) is 0 Å². The van der Waals surface area contributed by atoms with Crippen molar-refractivity contribution in [3.8, 4) is 0 Å². The number of hydrogen-bond acceptors (Lipinski definition) is 4. The number of halogens is 1. The van der Waals surface area contributed by atoms with Gasteiger partial charge in [0.15, 0.2) is 0 Å². The zero-order valence-electron chi connectivity index (χ0n) is 18.3. The number of aromatic nitrogens is 4. The van der Waals surface area contributed by atoms with Crippen LogP contribution in [0.1, 0.15) is 30.1 Å². The predicted octanol–water partition coefficient (Wildman–Crippen LogP) is 4.49. The molecule has 5 aromatic rings. The maximum absolute atomic E-state index is 13.9. The molecule has 0 bridgehead atoms. The van der Waals surface area contributed by atoms with Gasteiger partial charge in [-0.1, -0.05) is 30.3 Å². The van der Waals surface area contributed by atoms with Crippen LogP contribution in [-0.4, -0.2) is 25.8 Å². The highest BCUT2D eigenvalue weighted by atomic mass is 19.1. The summed E-state index contributed by atoms with van der Waals surface area (Å²) in [6.07, 6.45) is 1.68. The molecule has 0 fully saturated rings. The van der Waals surface area contributed by atoms with Crippen LogP contribution >= 0.6 is 0 Å². The SMILES string of the molecule is O=C(CCCc1nc2ccccc2c(=O)[nH]1)Nc1ccc2nc(Cc3ccccc3F)[nH]c2c1. The van der Waals surface area contributed by atoms with Gasteiger partial charge in [-0.15, -0.1) is 0 Å². The Bertz CT molecular complexity index is 1560. The Hall–Kier alpha value is -4.33. The van der Waals surface area contributed by atoms with Crippen molar-refractivity contribution in [2.24, 2.45) is 0 Å². The Labute approximate surface area is 194 Å². The van der Waals surface area contributed by atoms with Gasteiger partial charge >= 0.3 is 0 Å². The molecular weight excluding hydrogens is 433 g/mol. The molecule has 0 atom stereocenters. The van der Waals surface area contributed by atoms with E-state index in [1.807, 2.05) is 18.2 Å². The number of para-hydroxylation sites is 1. The van der Waals surface area contributed by atoms with Crippen molar-refractivity contribution in [3.05, 3.63) is 100 Å². The van der Waals surface area contributed by atoms with Crippen molar-refractivity contribution in [2.75, 3.05) is 5.32 Å². The lowest BCUT2D eigenvalue weighted by molar-refractivity contribution is -0.116. The second kappa shape index (κ2) is 9.27. The molecule has 8 heteroatoms. The van der Waals surface area contributed by atoms with Crippen LogP contribution in [0.25, 0.3) is 21.9 Å². The van der Waals surface area contributed by atoms with Gasteiger partial charge in [-0.25, -0.2) is 14.4 Å². The van der Waals surface area contributed by atoms with Gasteiger partial charge in [-0.05, 0) is 48.4 Å². The lowest BCUT2D eigenvalue weighted by atomic mass is 10.1. The van der Waals surface area contributed by atoms with E-state index in [-0.39, 0.29) is 23.7 Å². The molecule has 1 amide bonds. The molecule has 0 aliphatic carbocycles. The first kappa shape index (κ1) is 21.5. The second-order valence-electron chi connectivity index (χ2n) is 8.12. The zero-order valence-corrected chi connectivity index (χ0v) is 18.3. The Morgan fingerprint density at radius 3 is 2.59 bits per heavy atom. The van der Waals surface area contributed by atoms with Crippen molar-refractivity contribution < 1.29 is 9.18 Å². The number of nitrogens with one attached hydrogen (secondary N) is 3. The van der Waals surface area contributed by atoms with Gasteiger partial charge in [0.2, 0.25) is 5.91 Å². The molecule has 0 saturated carbocycles. The topological polar surface area (TPSA) is 104 Å². The number of aryl methyl sites for hydroxylation is 1. The van der Waals surface area contributed by atoms with Gasteiger partial charge in [0, 0.05) is 24.9 Å². The first-order valence-corrected chi connectivity index (χ1v) is 11.0. The van der Waals surface area contributed by atoms with Gasteiger partial charge < -0.3 is 15.3 Å². The number of benzene rings is 3. The summed E-state index contributed by atoms with van der Waals surface area (Å²) >= 11 is 0. The van der Waals surface area contributed by atoms with Crippen molar-refractivity contribution in [1.82, 2.24) is 19.9 Å². The Kier molecular flexibility index (Phi) is 5.86. The van der Waals surface area contributed by atoms with Crippen molar-refractivity contribution >= 4 is 33.5 Å². The minimum absolute atomic E-state index is 0.131. The Balaban J connectivity index is 1.20. The third-order valence-corrected chi connectivity index (χ3v) is 5.61. The number of amides is 1. The minimum atomic E-state index is -0.265. The zero-order chi connectivity index (χ0) is 23.5. The number of nitrogens with zero attached hydrogens (tertiary/aromatic N) is 2. The molecule has 2 heterocycles. The van der Waals surface area contributed by atoms with E-state index < -0.39 is 0 Å². The van der Waals surface area contributed by atoms with Crippen LogP contribution < -0.4 is 10.9 Å². The average molecular weight is 455 g/mol. The van der Waals surface area contributed by atoms with E-state index >= 15 is 0 Å². The summed E-state index contributed by atoms with van der Waals surface area (Å²) in [6, 6.07) is 19.2. The summed E-state index contributed by atoms with van der Waals surface area (Å²) in [7, 11) is 0. The monoisotopic (exact) mass is 455 g/mol. The third kappa shape index (κ3) is 4.71. The van der Waals surface area contributed by atoms with Crippen LogP contribution in [0.15, 0.2) is 71.5 Å². The highest BCUT2D eigenvalue weighted by Crippen LogP contribution is 2.20. The van der Waals surface area contributed by atoms with E-state index in [0.29, 0.717) is 53.1 Å². The molecule has 0 spiro atoms. The van der Waals surface area contributed by atoms with Gasteiger partial charge in [0.05, 0.1) is 21.9 Å². The van der Waals surface area contributed by atoms with Crippen molar-refractivity contribution in [1.29, 1.82) is 0 Å². The number of carbonyl (C=O) groups is 1. The first-order chi connectivity index (χ1) is 16.5. The fraction of sp³-hybridized carbons (Fsp3) is 0.154. The highest BCUT2D eigenvalue weighted by Gasteiger charge is 2.10. The summed E-state index contributed by atoms with van der Waals surface area (Å²) in [5, 5.41) is 3.44. The predicted molar refractivity (Wildman–Crippen MR) is 129 cm³/mol. The number of fused-ring (bicyclic) bond motifs is 2. The Morgan fingerprint density at radius 1 is 0.912 bits per heavy atom. The van der Waals surface area contributed by atoms with E-state index in [4.69, 9.17) is 0 Å². The van der Waals surface area contributed by atoms with Crippen LogP contribution in [0.3, 0.4) is 0 Å². The fourth-order valence-corrected chi connectivity index (χ4v) is 3.94. The molecular formula is C26H22FN5O2. The molecule has 34 heavy (non-hydrogen) atoms. The van der Waals surface area contributed by atoms with E-state index in [2.05, 4.69) is 25.3 Å². The first-order valence-electron chi connectivity index (χ1n) is 11.0. The maximum atomic E-state index is 13.9. The maximum Gasteiger partial charge on any atom is 0.258 e. The standard InChI is InChI=1S/C26H22FN5O2/c27-19-8-3-1-6-16(19)14-24-30-21-13-12-17(15-22(21)31-24)28-25(33)11-5-10-23-29-20-9-4-2-7-18(20)26(34)32-23/h1-4,6-9,12-13,15H,5,10-11,14H2,(H,28,33)(H,30,31)(H,29,32,34). The number of anilines is 1. The van der Waals surface area contributed by atoms with Gasteiger partial charge in [0.25, 0.3) is 5.56 Å². The number of rotatable bonds is 7. The molecule has 0 aliphatic rings. The summed E-state index contributed by atoms with van der Waals surface area (Å²) in [5.74, 6) is 0.825. The van der Waals surface area contributed by atoms with Gasteiger partial charge in [0.1, 0.15) is 17.5 Å². The molecule has 170 valence electrons. The lowest BCUT2D eigenvalue weighted by Gasteiger charge is -2.06. The molecule has 0 radical (unpaired) electrons. The minimum Gasteiger partial charge on any atom is -0.342 e. The lowest BCUT2D eigenvalue weighted by Crippen LogP contribution is -2.14. The molecule has 0 unspecified atom stereocenters. The number of carbonyl (C=O) groups excluding carboxylic acids is 1. The average Bonchev–Trinajstić information content (AvgIpc) is 3.22. The molecule has 0 aliphatic heterocycles. The van der Waals surface area contributed by atoms with E-state index in [9.17, 15) is 14.0 Å². The van der Waals surface area contributed by atoms with Crippen molar-refractivity contribution in [3.63, 3.8) is 0 Å². The molecule has 5 rings (SSSR count). The molecule has 2 aromatic heterocycles. The van der Waals surface area contributed by atoms with Gasteiger partial charge in [-0.2, -0.15) is 0 Å². The molecule has 7 nitrogen and oxygen atoms in total. The molecule has 0 saturated heterocycles. The fourth-order valence-electron chi connectivity index (χ4n) is 3.94. The molecule has 3 N–H and O–H groups in total. The smallest absolute Gasteiger partial charge is 0.258 e. The van der Waals surface area contributed by atoms with E-state index in [1.165, 1.54) is 6.07 Å². The van der Waals surface area contributed by atoms with Crippen LogP contribution in [0.4, 0.5) is 10.1 Å². The van der Waals surface area contributed by atoms with Crippen LogP contribution in [0, 0.1) is 5.82 Å². The normalized spacial score (nSPS) is 11.2. The number of imidazole rings is 1. The summed E-state index contributed by atoms with van der Waals surface area (Å²) in [4.78, 5) is 39.6. The third-order valence-electron chi connectivity index (χ3n) is 5.61. The number of H-pyrrole nitrogens is 2. The van der Waals surface area contributed by atoms with E-state index in [1.54, 1.807) is 42.5 Å². The summed E-state index contributed by atoms with van der Waals surface area (Å²) < 4.78 is 13.9. The number of aromatic amines is 2. The quantitative estimate of drug-likeness (QED) is 0.336. The second-order valence-corrected chi connectivity index (χ2v) is 8.12. The highest BCUT2D eigenvalue weighted by molar-refractivity contribution is 5.93. The van der Waals surface area contributed by atoms with Crippen molar-refractivity contribution in [2.45, 2.75) is 25.7 Å². The largest absolute Gasteiger partial charge is 0.342 e. The van der Waals surface area contributed by atoms with Crippen LogP contribution in [-0.2, 0) is 17.6 Å². The van der Waals surface area contributed by atoms with Gasteiger partial charge in [-0.3, -0.25) is 9.59 Å². The van der Waals surface area contributed by atoms with E-state index in [0.717, 1.165) is 11.0 Å². The van der Waals surface area contributed by atoms with Crippen LogP contribution in [0.2, 0.25) is 0 Å².